The predicted octanol–water partition coefficient (Wildman–Crippen LogP) is 0.877. The molecule has 0 spiro atoms. The lowest BCUT2D eigenvalue weighted by molar-refractivity contribution is 0.0954. The van der Waals surface area contributed by atoms with E-state index in [-0.39, 0.29) is 5.91 Å². The summed E-state index contributed by atoms with van der Waals surface area (Å²) in [5.41, 5.74) is 0.643. The summed E-state index contributed by atoms with van der Waals surface area (Å²) >= 11 is 0. The van der Waals surface area contributed by atoms with Gasteiger partial charge in [0, 0.05) is 38.9 Å². The molecule has 2 N–H and O–H groups in total. The van der Waals surface area contributed by atoms with Crippen molar-refractivity contribution in [2.24, 2.45) is 0 Å². The zero-order valence-electron chi connectivity index (χ0n) is 11.4. The monoisotopic (exact) mass is 250 g/mol. The van der Waals surface area contributed by atoms with Crippen molar-refractivity contribution in [3.05, 3.63) is 23.9 Å². The van der Waals surface area contributed by atoms with Gasteiger partial charge in [-0.2, -0.15) is 0 Å². The van der Waals surface area contributed by atoms with E-state index >= 15 is 0 Å². The normalized spacial score (nSPS) is 10.2. The first-order valence-corrected chi connectivity index (χ1v) is 6.27. The Labute approximate surface area is 109 Å². The number of aromatic nitrogens is 1. The third-order valence-corrected chi connectivity index (χ3v) is 2.48. The minimum absolute atomic E-state index is 0.0567. The Morgan fingerprint density at radius 2 is 2.11 bits per heavy atom. The Hall–Kier alpha value is -1.62. The van der Waals surface area contributed by atoms with E-state index in [1.54, 1.807) is 18.3 Å². The van der Waals surface area contributed by atoms with Crippen LogP contribution in [0.15, 0.2) is 18.3 Å². The number of carbonyl (C=O) groups excluding carboxylic acids is 1. The van der Waals surface area contributed by atoms with E-state index in [2.05, 4.69) is 22.5 Å². The van der Waals surface area contributed by atoms with Crippen LogP contribution in [0.25, 0.3) is 0 Å². The largest absolute Gasteiger partial charge is 0.363 e. The molecule has 0 aliphatic rings. The molecule has 0 aliphatic carbocycles. The number of carbonyl (C=O) groups is 1. The maximum absolute atomic E-state index is 11.9. The fraction of sp³-hybridized carbons (Fsp3) is 0.538. The molecule has 0 aliphatic heterocycles. The Balaban J connectivity index is 2.44. The van der Waals surface area contributed by atoms with Gasteiger partial charge in [0.25, 0.3) is 5.91 Å². The molecule has 0 aromatic carbocycles. The first kappa shape index (κ1) is 14.4. The molecule has 0 saturated carbocycles. The van der Waals surface area contributed by atoms with Crippen LogP contribution in [-0.4, -0.2) is 44.6 Å². The van der Waals surface area contributed by atoms with E-state index in [9.17, 15) is 4.79 Å². The molecule has 1 rings (SSSR count). The van der Waals surface area contributed by atoms with Crippen LogP contribution in [0.4, 0.5) is 5.82 Å². The zero-order chi connectivity index (χ0) is 13.4. The summed E-state index contributed by atoms with van der Waals surface area (Å²) in [6.07, 6.45) is 2.75. The van der Waals surface area contributed by atoms with Gasteiger partial charge >= 0.3 is 0 Å². The standard InChI is InChI=1S/C13H22N4O/c1-4-6-14-8-9-16-13(18)11-5-7-15-12(10-11)17(2)3/h5,7,10,14H,4,6,8-9H2,1-3H3,(H,16,18). The molecule has 1 amide bonds. The van der Waals surface area contributed by atoms with E-state index in [0.29, 0.717) is 12.1 Å². The lowest BCUT2D eigenvalue weighted by Gasteiger charge is -2.12. The topological polar surface area (TPSA) is 57.3 Å². The van der Waals surface area contributed by atoms with Gasteiger partial charge in [-0.25, -0.2) is 4.98 Å². The molecule has 1 aromatic rings. The van der Waals surface area contributed by atoms with Crippen LogP contribution in [0.1, 0.15) is 23.7 Å². The first-order valence-electron chi connectivity index (χ1n) is 6.27. The Bertz CT molecular complexity index is 379. The molecule has 0 fully saturated rings. The average Bonchev–Trinajstić information content (AvgIpc) is 2.38. The lowest BCUT2D eigenvalue weighted by atomic mass is 10.2. The minimum atomic E-state index is -0.0567. The Kier molecular flexibility index (Phi) is 6.14. The molecule has 0 radical (unpaired) electrons. The van der Waals surface area contributed by atoms with Crippen molar-refractivity contribution >= 4 is 11.7 Å². The van der Waals surface area contributed by atoms with Crippen LogP contribution >= 0.6 is 0 Å². The fourth-order valence-electron chi connectivity index (χ4n) is 1.47. The number of hydrogen-bond acceptors (Lipinski definition) is 4. The van der Waals surface area contributed by atoms with Gasteiger partial charge in [-0.05, 0) is 25.1 Å². The maximum atomic E-state index is 11.9. The van der Waals surface area contributed by atoms with Crippen molar-refractivity contribution in [1.29, 1.82) is 0 Å². The molecular formula is C13H22N4O. The second kappa shape index (κ2) is 7.66. The number of hydrogen-bond donors (Lipinski definition) is 2. The van der Waals surface area contributed by atoms with Crippen LogP contribution in [0.5, 0.6) is 0 Å². The summed E-state index contributed by atoms with van der Waals surface area (Å²) < 4.78 is 0. The van der Waals surface area contributed by atoms with Crippen molar-refractivity contribution in [3.63, 3.8) is 0 Å². The van der Waals surface area contributed by atoms with Crippen LogP contribution in [0.3, 0.4) is 0 Å². The molecule has 18 heavy (non-hydrogen) atoms. The summed E-state index contributed by atoms with van der Waals surface area (Å²) in [6.45, 7) is 4.53. The summed E-state index contributed by atoms with van der Waals surface area (Å²) in [7, 11) is 3.80. The zero-order valence-corrected chi connectivity index (χ0v) is 11.4. The van der Waals surface area contributed by atoms with Gasteiger partial charge in [0.2, 0.25) is 0 Å². The Morgan fingerprint density at radius 3 is 2.78 bits per heavy atom. The highest BCUT2D eigenvalue weighted by molar-refractivity contribution is 5.94. The van der Waals surface area contributed by atoms with Crippen molar-refractivity contribution in [2.75, 3.05) is 38.6 Å². The number of nitrogens with zero attached hydrogens (tertiary/aromatic N) is 2. The van der Waals surface area contributed by atoms with E-state index in [0.717, 1.165) is 25.3 Å². The number of pyridine rings is 1. The molecule has 1 heterocycles. The first-order chi connectivity index (χ1) is 8.65. The smallest absolute Gasteiger partial charge is 0.251 e. The number of nitrogens with one attached hydrogen (secondary N) is 2. The van der Waals surface area contributed by atoms with Crippen LogP contribution in [0, 0.1) is 0 Å². The van der Waals surface area contributed by atoms with Crippen molar-refractivity contribution in [2.45, 2.75) is 13.3 Å². The van der Waals surface area contributed by atoms with Gasteiger partial charge in [-0.3, -0.25) is 4.79 Å². The summed E-state index contributed by atoms with van der Waals surface area (Å²) in [5.74, 6) is 0.727. The van der Waals surface area contributed by atoms with E-state index in [4.69, 9.17) is 0 Å². The SMILES string of the molecule is CCCNCCNC(=O)c1ccnc(N(C)C)c1. The van der Waals surface area contributed by atoms with Gasteiger partial charge in [0.05, 0.1) is 0 Å². The highest BCUT2D eigenvalue weighted by atomic mass is 16.1. The van der Waals surface area contributed by atoms with Gasteiger partial charge < -0.3 is 15.5 Å². The minimum Gasteiger partial charge on any atom is -0.363 e. The number of rotatable bonds is 7. The lowest BCUT2D eigenvalue weighted by Crippen LogP contribution is -2.32. The molecule has 1 aromatic heterocycles. The third-order valence-electron chi connectivity index (χ3n) is 2.48. The van der Waals surface area contributed by atoms with E-state index < -0.39 is 0 Å². The van der Waals surface area contributed by atoms with E-state index in [1.807, 2.05) is 19.0 Å². The summed E-state index contributed by atoms with van der Waals surface area (Å²) in [6, 6.07) is 3.51. The molecule has 0 atom stereocenters. The molecule has 5 heteroatoms. The summed E-state index contributed by atoms with van der Waals surface area (Å²) in [4.78, 5) is 17.9. The predicted molar refractivity (Wildman–Crippen MR) is 74.1 cm³/mol. The van der Waals surface area contributed by atoms with Crippen LogP contribution in [0.2, 0.25) is 0 Å². The van der Waals surface area contributed by atoms with E-state index in [1.165, 1.54) is 0 Å². The third kappa shape index (κ3) is 4.71. The average molecular weight is 250 g/mol. The molecule has 0 bridgehead atoms. The van der Waals surface area contributed by atoms with Gasteiger partial charge in [-0.1, -0.05) is 6.92 Å². The van der Waals surface area contributed by atoms with Crippen molar-refractivity contribution in [3.8, 4) is 0 Å². The fourth-order valence-corrected chi connectivity index (χ4v) is 1.47. The molecule has 0 unspecified atom stereocenters. The second-order valence-electron chi connectivity index (χ2n) is 4.30. The second-order valence-corrected chi connectivity index (χ2v) is 4.30. The number of anilines is 1. The summed E-state index contributed by atoms with van der Waals surface area (Å²) in [5, 5.41) is 6.11. The highest BCUT2D eigenvalue weighted by Crippen LogP contribution is 2.09. The maximum Gasteiger partial charge on any atom is 0.251 e. The molecule has 100 valence electrons. The van der Waals surface area contributed by atoms with Gasteiger partial charge in [0.15, 0.2) is 0 Å². The molecule has 0 saturated heterocycles. The highest BCUT2D eigenvalue weighted by Gasteiger charge is 2.06. The molecular weight excluding hydrogens is 228 g/mol. The van der Waals surface area contributed by atoms with Crippen LogP contribution in [-0.2, 0) is 0 Å². The quantitative estimate of drug-likeness (QED) is 0.705. The van der Waals surface area contributed by atoms with Crippen molar-refractivity contribution in [1.82, 2.24) is 15.6 Å². The van der Waals surface area contributed by atoms with Gasteiger partial charge in [-0.15, -0.1) is 0 Å². The molecule has 5 nitrogen and oxygen atoms in total. The Morgan fingerprint density at radius 1 is 1.33 bits per heavy atom. The van der Waals surface area contributed by atoms with Gasteiger partial charge in [0.1, 0.15) is 5.82 Å². The number of amides is 1. The van der Waals surface area contributed by atoms with Crippen LogP contribution < -0.4 is 15.5 Å². The van der Waals surface area contributed by atoms with Crippen molar-refractivity contribution < 1.29 is 4.79 Å².